The van der Waals surface area contributed by atoms with Crippen molar-refractivity contribution in [3.63, 3.8) is 0 Å². The molecule has 0 spiro atoms. The van der Waals surface area contributed by atoms with E-state index in [4.69, 9.17) is 27.9 Å². The maximum atomic E-state index is 12.8. The molecule has 0 aliphatic carbocycles. The zero-order valence-corrected chi connectivity index (χ0v) is 9.47. The minimum Gasteiger partial charge on any atom is -0.439 e. The molecule has 0 atom stereocenters. The standard InChI is InChI=1S/C11H6Cl2FNO/c12-8-5-4-7(6-9(8)13)16-11-3-1-2-10(14)15-11/h1-6H. The minimum absolute atomic E-state index is 0.165. The molecule has 0 fully saturated rings. The van der Waals surface area contributed by atoms with Crippen molar-refractivity contribution in [2.45, 2.75) is 0 Å². The smallest absolute Gasteiger partial charge is 0.221 e. The number of nitrogens with zero attached hydrogens (tertiary/aromatic N) is 1. The van der Waals surface area contributed by atoms with Crippen molar-refractivity contribution in [1.82, 2.24) is 4.98 Å². The summed E-state index contributed by atoms with van der Waals surface area (Å²) in [5.41, 5.74) is 0. The first-order valence-corrected chi connectivity index (χ1v) is 5.16. The summed E-state index contributed by atoms with van der Waals surface area (Å²) in [6.45, 7) is 0. The van der Waals surface area contributed by atoms with Gasteiger partial charge in [0.1, 0.15) is 5.75 Å². The Morgan fingerprint density at radius 3 is 2.56 bits per heavy atom. The zero-order chi connectivity index (χ0) is 11.5. The predicted octanol–water partition coefficient (Wildman–Crippen LogP) is 4.32. The quantitative estimate of drug-likeness (QED) is 0.748. The van der Waals surface area contributed by atoms with Crippen LogP contribution in [0.25, 0.3) is 0 Å². The van der Waals surface area contributed by atoms with Crippen LogP contribution < -0.4 is 4.74 Å². The van der Waals surface area contributed by atoms with Crippen LogP contribution in [0.5, 0.6) is 11.6 Å². The van der Waals surface area contributed by atoms with Crippen molar-refractivity contribution < 1.29 is 9.13 Å². The third-order valence-corrected chi connectivity index (χ3v) is 2.54. The first kappa shape index (κ1) is 11.2. The Kier molecular flexibility index (Phi) is 3.27. The summed E-state index contributed by atoms with van der Waals surface area (Å²) in [6.07, 6.45) is 0. The fourth-order valence-corrected chi connectivity index (χ4v) is 1.40. The molecule has 1 aromatic heterocycles. The first-order valence-electron chi connectivity index (χ1n) is 4.40. The van der Waals surface area contributed by atoms with Gasteiger partial charge in [0, 0.05) is 12.1 Å². The van der Waals surface area contributed by atoms with Crippen molar-refractivity contribution >= 4 is 23.2 Å². The van der Waals surface area contributed by atoms with Gasteiger partial charge in [-0.05, 0) is 18.2 Å². The van der Waals surface area contributed by atoms with Crippen molar-refractivity contribution in [2.75, 3.05) is 0 Å². The van der Waals surface area contributed by atoms with Crippen LogP contribution in [0.2, 0.25) is 10.0 Å². The third kappa shape index (κ3) is 2.62. The van der Waals surface area contributed by atoms with Gasteiger partial charge in [-0.1, -0.05) is 29.3 Å². The maximum Gasteiger partial charge on any atom is 0.221 e. The van der Waals surface area contributed by atoms with Crippen LogP contribution in [0.3, 0.4) is 0 Å². The summed E-state index contributed by atoms with van der Waals surface area (Å²) in [4.78, 5) is 3.56. The Morgan fingerprint density at radius 2 is 1.88 bits per heavy atom. The second-order valence-electron chi connectivity index (χ2n) is 2.98. The minimum atomic E-state index is -0.599. The summed E-state index contributed by atoms with van der Waals surface area (Å²) < 4.78 is 18.1. The van der Waals surface area contributed by atoms with E-state index in [9.17, 15) is 4.39 Å². The maximum absolute atomic E-state index is 12.8. The van der Waals surface area contributed by atoms with Crippen LogP contribution in [0, 0.1) is 5.95 Å². The van der Waals surface area contributed by atoms with Gasteiger partial charge < -0.3 is 4.74 Å². The fourth-order valence-electron chi connectivity index (χ4n) is 1.11. The van der Waals surface area contributed by atoms with Gasteiger partial charge in [0.2, 0.25) is 11.8 Å². The number of aromatic nitrogens is 1. The highest BCUT2D eigenvalue weighted by molar-refractivity contribution is 6.42. The molecule has 0 bridgehead atoms. The summed E-state index contributed by atoms with van der Waals surface area (Å²) >= 11 is 11.6. The van der Waals surface area contributed by atoms with Crippen LogP contribution >= 0.6 is 23.2 Å². The average molecular weight is 258 g/mol. The topological polar surface area (TPSA) is 22.1 Å². The van der Waals surface area contributed by atoms with Gasteiger partial charge in [0.25, 0.3) is 0 Å². The zero-order valence-electron chi connectivity index (χ0n) is 7.95. The van der Waals surface area contributed by atoms with Crippen LogP contribution in [0.1, 0.15) is 0 Å². The molecule has 5 heteroatoms. The molecule has 0 radical (unpaired) electrons. The molecule has 2 rings (SSSR count). The first-order chi connectivity index (χ1) is 7.65. The number of pyridine rings is 1. The molecule has 2 nitrogen and oxygen atoms in total. The Morgan fingerprint density at radius 1 is 1.06 bits per heavy atom. The Balaban J connectivity index is 2.24. The molecular weight excluding hydrogens is 252 g/mol. The van der Waals surface area contributed by atoms with Gasteiger partial charge >= 0.3 is 0 Å². The molecule has 0 aliphatic rings. The van der Waals surface area contributed by atoms with E-state index in [0.29, 0.717) is 15.8 Å². The van der Waals surface area contributed by atoms with Gasteiger partial charge in [0.15, 0.2) is 0 Å². The number of halogens is 3. The fraction of sp³-hybridized carbons (Fsp3) is 0. The highest BCUT2D eigenvalue weighted by Gasteiger charge is 2.03. The Labute approximate surface area is 102 Å². The lowest BCUT2D eigenvalue weighted by Crippen LogP contribution is -1.89. The van der Waals surface area contributed by atoms with E-state index in [1.165, 1.54) is 18.2 Å². The Bertz CT molecular complexity index is 519. The molecule has 0 N–H and O–H groups in total. The number of rotatable bonds is 2. The molecule has 16 heavy (non-hydrogen) atoms. The molecule has 0 saturated heterocycles. The molecule has 1 aromatic carbocycles. The molecule has 0 amide bonds. The van der Waals surface area contributed by atoms with E-state index in [2.05, 4.69) is 4.98 Å². The SMILES string of the molecule is Fc1cccc(Oc2ccc(Cl)c(Cl)c2)n1. The van der Waals surface area contributed by atoms with Crippen LogP contribution in [-0.2, 0) is 0 Å². The van der Waals surface area contributed by atoms with E-state index in [1.54, 1.807) is 18.2 Å². The molecule has 0 unspecified atom stereocenters. The number of ether oxygens (including phenoxy) is 1. The van der Waals surface area contributed by atoms with Crippen molar-refractivity contribution in [1.29, 1.82) is 0 Å². The summed E-state index contributed by atoms with van der Waals surface area (Å²) in [5, 5.41) is 0.803. The van der Waals surface area contributed by atoms with Crippen molar-refractivity contribution in [2.24, 2.45) is 0 Å². The van der Waals surface area contributed by atoms with Crippen LogP contribution in [0.4, 0.5) is 4.39 Å². The molecule has 2 aromatic rings. The highest BCUT2D eigenvalue weighted by atomic mass is 35.5. The average Bonchev–Trinajstić information content (AvgIpc) is 2.24. The van der Waals surface area contributed by atoms with Gasteiger partial charge in [-0.2, -0.15) is 9.37 Å². The number of hydrogen-bond acceptors (Lipinski definition) is 2. The van der Waals surface area contributed by atoms with Gasteiger partial charge in [-0.3, -0.25) is 0 Å². The lowest BCUT2D eigenvalue weighted by Gasteiger charge is -2.05. The van der Waals surface area contributed by atoms with E-state index >= 15 is 0 Å². The lowest BCUT2D eigenvalue weighted by molar-refractivity contribution is 0.445. The van der Waals surface area contributed by atoms with Crippen molar-refractivity contribution in [3.05, 3.63) is 52.4 Å². The second-order valence-corrected chi connectivity index (χ2v) is 3.79. The molecular formula is C11H6Cl2FNO. The van der Waals surface area contributed by atoms with E-state index in [1.807, 2.05) is 0 Å². The van der Waals surface area contributed by atoms with Gasteiger partial charge in [-0.25, -0.2) is 0 Å². The predicted molar refractivity (Wildman–Crippen MR) is 60.7 cm³/mol. The number of benzene rings is 1. The van der Waals surface area contributed by atoms with E-state index < -0.39 is 5.95 Å². The van der Waals surface area contributed by atoms with Crippen LogP contribution in [0.15, 0.2) is 36.4 Å². The van der Waals surface area contributed by atoms with Crippen molar-refractivity contribution in [3.8, 4) is 11.6 Å². The third-order valence-electron chi connectivity index (χ3n) is 1.80. The van der Waals surface area contributed by atoms with Gasteiger partial charge in [-0.15, -0.1) is 0 Å². The molecule has 1 heterocycles. The lowest BCUT2D eigenvalue weighted by atomic mass is 10.3. The second kappa shape index (κ2) is 4.68. The monoisotopic (exact) mass is 257 g/mol. The largest absolute Gasteiger partial charge is 0.439 e. The summed E-state index contributed by atoms with van der Waals surface area (Å²) in [6, 6.07) is 9.05. The normalized spacial score (nSPS) is 10.2. The van der Waals surface area contributed by atoms with E-state index in [0.717, 1.165) is 0 Å². The molecule has 0 saturated carbocycles. The Hall–Kier alpha value is -1.32. The highest BCUT2D eigenvalue weighted by Crippen LogP contribution is 2.28. The molecule has 0 aliphatic heterocycles. The number of hydrogen-bond donors (Lipinski definition) is 0. The van der Waals surface area contributed by atoms with E-state index in [-0.39, 0.29) is 5.88 Å². The van der Waals surface area contributed by atoms with Gasteiger partial charge in [0.05, 0.1) is 10.0 Å². The molecule has 82 valence electrons. The van der Waals surface area contributed by atoms with Crippen LogP contribution in [-0.4, -0.2) is 4.98 Å². The summed E-state index contributed by atoms with van der Waals surface area (Å²) in [7, 11) is 0. The summed E-state index contributed by atoms with van der Waals surface area (Å²) in [5.74, 6) is 0.0171.